The third-order valence-corrected chi connectivity index (χ3v) is 2.31. The van der Waals surface area contributed by atoms with Gasteiger partial charge in [0.15, 0.2) is 0 Å². The van der Waals surface area contributed by atoms with Crippen LogP contribution in [0.25, 0.3) is 15.3 Å². The smallest absolute Gasteiger partial charge is 0.240 e. The first-order valence-electron chi connectivity index (χ1n) is 4.56. The Morgan fingerprint density at radius 1 is 1.57 bits per heavy atom. The number of aliphatic hydroxyl groups excluding tert-OH is 1. The SMILES string of the molecule is [C-]#[N+]CC(O)C(C)(C)CCCN=[N+]=[N-]. The Morgan fingerprint density at radius 2 is 2.21 bits per heavy atom. The summed E-state index contributed by atoms with van der Waals surface area (Å²) in [4.78, 5) is 5.81. The van der Waals surface area contributed by atoms with E-state index in [-0.39, 0.29) is 12.0 Å². The molecule has 0 spiro atoms. The Bertz CT molecular complexity index is 250. The second kappa shape index (κ2) is 6.25. The average molecular weight is 196 g/mol. The van der Waals surface area contributed by atoms with Crippen LogP contribution in [0, 0.1) is 12.0 Å². The monoisotopic (exact) mass is 196 g/mol. The minimum Gasteiger partial charge on any atom is -0.385 e. The van der Waals surface area contributed by atoms with Crippen molar-refractivity contribution in [2.45, 2.75) is 32.8 Å². The molecular weight excluding hydrogens is 180 g/mol. The zero-order chi connectivity index (χ0) is 11.0. The van der Waals surface area contributed by atoms with Crippen LogP contribution < -0.4 is 0 Å². The summed E-state index contributed by atoms with van der Waals surface area (Å²) in [7, 11) is 0. The van der Waals surface area contributed by atoms with Gasteiger partial charge in [-0.05, 0) is 23.8 Å². The number of rotatable bonds is 6. The number of nitrogens with zero attached hydrogens (tertiary/aromatic N) is 4. The van der Waals surface area contributed by atoms with E-state index < -0.39 is 6.10 Å². The minimum atomic E-state index is -0.605. The Balaban J connectivity index is 3.93. The first-order chi connectivity index (χ1) is 6.54. The fourth-order valence-electron chi connectivity index (χ4n) is 1.15. The molecule has 0 heterocycles. The van der Waals surface area contributed by atoms with E-state index >= 15 is 0 Å². The number of aliphatic hydroxyl groups is 1. The second-order valence-corrected chi connectivity index (χ2v) is 3.90. The first kappa shape index (κ1) is 12.8. The summed E-state index contributed by atoms with van der Waals surface area (Å²) < 4.78 is 0. The molecule has 0 bridgehead atoms. The molecule has 14 heavy (non-hydrogen) atoms. The van der Waals surface area contributed by atoms with Gasteiger partial charge in [-0.1, -0.05) is 19.0 Å². The van der Waals surface area contributed by atoms with Crippen molar-refractivity contribution >= 4 is 0 Å². The van der Waals surface area contributed by atoms with Gasteiger partial charge >= 0.3 is 0 Å². The highest BCUT2D eigenvalue weighted by Gasteiger charge is 2.29. The van der Waals surface area contributed by atoms with E-state index in [1.54, 1.807) is 0 Å². The third kappa shape index (κ3) is 4.70. The van der Waals surface area contributed by atoms with Crippen molar-refractivity contribution < 1.29 is 5.11 Å². The van der Waals surface area contributed by atoms with Gasteiger partial charge in [-0.25, -0.2) is 6.57 Å². The Labute approximate surface area is 84.2 Å². The summed E-state index contributed by atoms with van der Waals surface area (Å²) in [5, 5.41) is 13.0. The highest BCUT2D eigenvalue weighted by Crippen LogP contribution is 2.27. The maximum absolute atomic E-state index is 9.62. The zero-order valence-electron chi connectivity index (χ0n) is 8.64. The molecule has 5 heteroatoms. The van der Waals surface area contributed by atoms with Crippen molar-refractivity contribution in [2.75, 3.05) is 13.1 Å². The molecule has 0 aliphatic heterocycles. The topological polar surface area (TPSA) is 73.4 Å². The molecule has 0 amide bonds. The van der Waals surface area contributed by atoms with E-state index in [1.807, 2.05) is 13.8 Å². The summed E-state index contributed by atoms with van der Waals surface area (Å²) >= 11 is 0. The lowest BCUT2D eigenvalue weighted by atomic mass is 9.82. The predicted octanol–water partition coefficient (Wildman–Crippen LogP) is 2.38. The molecule has 0 aromatic carbocycles. The molecule has 78 valence electrons. The first-order valence-corrected chi connectivity index (χ1v) is 4.56. The highest BCUT2D eigenvalue weighted by molar-refractivity contribution is 4.83. The highest BCUT2D eigenvalue weighted by atomic mass is 16.3. The molecule has 0 aromatic rings. The number of hydrogen-bond donors (Lipinski definition) is 1. The molecule has 0 aromatic heterocycles. The summed E-state index contributed by atoms with van der Waals surface area (Å²) in [6, 6.07) is 0. The van der Waals surface area contributed by atoms with Gasteiger partial charge in [0.1, 0.15) is 6.10 Å². The molecule has 1 atom stereocenters. The molecule has 0 aliphatic rings. The quantitative estimate of drug-likeness (QED) is 0.229. The van der Waals surface area contributed by atoms with Gasteiger partial charge in [-0.15, -0.1) is 0 Å². The molecule has 0 fully saturated rings. The fraction of sp³-hybridized carbons (Fsp3) is 0.889. The largest absolute Gasteiger partial charge is 0.385 e. The summed E-state index contributed by atoms with van der Waals surface area (Å²) in [6.07, 6.45) is 0.889. The number of azide groups is 1. The molecule has 5 nitrogen and oxygen atoms in total. The van der Waals surface area contributed by atoms with Gasteiger partial charge in [0, 0.05) is 11.5 Å². The van der Waals surface area contributed by atoms with Gasteiger partial charge in [0.25, 0.3) is 0 Å². The van der Waals surface area contributed by atoms with Gasteiger partial charge in [-0.3, -0.25) is 0 Å². The molecule has 1 N–H and O–H groups in total. The van der Waals surface area contributed by atoms with Crippen LogP contribution in [-0.4, -0.2) is 24.3 Å². The van der Waals surface area contributed by atoms with Crippen LogP contribution in [0.3, 0.4) is 0 Å². The molecular formula is C9H16N4O. The van der Waals surface area contributed by atoms with Crippen LogP contribution in [0.15, 0.2) is 5.11 Å². The molecule has 0 aliphatic carbocycles. The van der Waals surface area contributed by atoms with Crippen molar-refractivity contribution in [3.8, 4) is 0 Å². The van der Waals surface area contributed by atoms with Crippen LogP contribution in [-0.2, 0) is 0 Å². The predicted molar refractivity (Wildman–Crippen MR) is 54.5 cm³/mol. The summed E-state index contributed by atoms with van der Waals surface area (Å²) in [5.41, 5.74) is 7.78. The van der Waals surface area contributed by atoms with E-state index in [0.717, 1.165) is 12.8 Å². The van der Waals surface area contributed by atoms with E-state index in [0.29, 0.717) is 6.54 Å². The lowest BCUT2D eigenvalue weighted by molar-refractivity contribution is 0.0563. The second-order valence-electron chi connectivity index (χ2n) is 3.90. The van der Waals surface area contributed by atoms with Gasteiger partial charge in [-0.2, -0.15) is 0 Å². The van der Waals surface area contributed by atoms with Crippen molar-refractivity contribution in [1.29, 1.82) is 0 Å². The maximum atomic E-state index is 9.62. The standard InChI is InChI=1S/C9H16N4O/c1-9(2,8(14)7-11-3)5-4-6-12-13-10/h8,14H,4-7H2,1-2H3. The van der Waals surface area contributed by atoms with Gasteiger partial charge in [0.2, 0.25) is 6.54 Å². The molecule has 1 unspecified atom stereocenters. The minimum absolute atomic E-state index is 0.133. The Hall–Kier alpha value is -1.24. The normalized spacial score (nSPS) is 12.7. The fourth-order valence-corrected chi connectivity index (χ4v) is 1.15. The lowest BCUT2D eigenvalue weighted by Crippen LogP contribution is -2.31. The third-order valence-electron chi connectivity index (χ3n) is 2.31. The summed E-state index contributed by atoms with van der Waals surface area (Å²) in [5.74, 6) is 0. The van der Waals surface area contributed by atoms with E-state index in [9.17, 15) is 5.11 Å². The van der Waals surface area contributed by atoms with Gasteiger partial charge < -0.3 is 9.95 Å². The van der Waals surface area contributed by atoms with Crippen LogP contribution >= 0.6 is 0 Å². The van der Waals surface area contributed by atoms with Crippen molar-refractivity contribution in [3.63, 3.8) is 0 Å². The van der Waals surface area contributed by atoms with Crippen molar-refractivity contribution in [3.05, 3.63) is 21.9 Å². The van der Waals surface area contributed by atoms with E-state index in [2.05, 4.69) is 14.9 Å². The zero-order valence-corrected chi connectivity index (χ0v) is 8.64. The van der Waals surface area contributed by atoms with Crippen molar-refractivity contribution in [2.24, 2.45) is 10.5 Å². The van der Waals surface area contributed by atoms with Gasteiger partial charge in [0.05, 0.1) is 0 Å². The van der Waals surface area contributed by atoms with Crippen molar-refractivity contribution in [1.82, 2.24) is 0 Å². The molecule has 0 rings (SSSR count). The Kier molecular flexibility index (Phi) is 5.70. The van der Waals surface area contributed by atoms with Crippen LogP contribution in [0.2, 0.25) is 0 Å². The Morgan fingerprint density at radius 3 is 2.71 bits per heavy atom. The maximum Gasteiger partial charge on any atom is 0.240 e. The lowest BCUT2D eigenvalue weighted by Gasteiger charge is -2.26. The van der Waals surface area contributed by atoms with E-state index in [4.69, 9.17) is 12.1 Å². The average Bonchev–Trinajstić information content (AvgIpc) is 2.13. The number of hydrogen-bond acceptors (Lipinski definition) is 2. The van der Waals surface area contributed by atoms with Crippen LogP contribution in [0.5, 0.6) is 0 Å². The molecule has 0 radical (unpaired) electrons. The van der Waals surface area contributed by atoms with Crippen LogP contribution in [0.4, 0.5) is 0 Å². The molecule has 0 saturated carbocycles. The van der Waals surface area contributed by atoms with Crippen LogP contribution in [0.1, 0.15) is 26.7 Å². The molecule has 0 saturated heterocycles. The van der Waals surface area contributed by atoms with E-state index in [1.165, 1.54) is 0 Å². The summed E-state index contributed by atoms with van der Waals surface area (Å²) in [6.45, 7) is 11.1.